The summed E-state index contributed by atoms with van der Waals surface area (Å²) >= 11 is 7.41. The van der Waals surface area contributed by atoms with Gasteiger partial charge in [-0.3, -0.25) is 4.79 Å². The van der Waals surface area contributed by atoms with Gasteiger partial charge in [0.2, 0.25) is 11.7 Å². The minimum absolute atomic E-state index is 0.239. The van der Waals surface area contributed by atoms with Crippen LogP contribution < -0.4 is 10.6 Å². The van der Waals surface area contributed by atoms with Gasteiger partial charge in [-0.15, -0.1) is 11.3 Å². The SMILES string of the molecule is CNC(=O)[C@@]12C[C@@H]1[C@@H](n1cnc3c(NCCc4ccccc4)nc(C#Cc4ccc(Cl)s4)nc31)[C@H](O)[C@@H]2O. The first-order chi connectivity index (χ1) is 18.4. The number of hydrogen-bond donors (Lipinski definition) is 4. The molecule has 0 bridgehead atoms. The molecule has 3 aromatic heterocycles. The highest BCUT2D eigenvalue weighted by atomic mass is 35.5. The van der Waals surface area contributed by atoms with Gasteiger partial charge >= 0.3 is 0 Å². The summed E-state index contributed by atoms with van der Waals surface area (Å²) in [4.78, 5) is 27.3. The second kappa shape index (κ2) is 9.67. The van der Waals surface area contributed by atoms with Crippen molar-refractivity contribution in [2.45, 2.75) is 31.1 Å². The van der Waals surface area contributed by atoms with E-state index in [0.717, 1.165) is 11.3 Å². The lowest BCUT2D eigenvalue weighted by atomic mass is 9.98. The maximum Gasteiger partial charge on any atom is 0.229 e. The molecule has 6 rings (SSSR count). The molecule has 11 heteroatoms. The number of rotatable bonds is 6. The van der Waals surface area contributed by atoms with E-state index in [1.807, 2.05) is 24.3 Å². The molecule has 0 saturated heterocycles. The summed E-state index contributed by atoms with van der Waals surface area (Å²) in [6.45, 7) is 0.615. The second-order valence-electron chi connectivity index (χ2n) is 9.59. The number of benzene rings is 1. The first kappa shape index (κ1) is 24.8. The van der Waals surface area contributed by atoms with Crippen LogP contribution in [0, 0.1) is 23.2 Å². The average molecular weight is 549 g/mol. The molecule has 4 N–H and O–H groups in total. The van der Waals surface area contributed by atoms with Crippen LogP contribution >= 0.6 is 22.9 Å². The second-order valence-corrected chi connectivity index (χ2v) is 11.3. The molecular weight excluding hydrogens is 524 g/mol. The number of aromatic nitrogens is 4. The third-order valence-electron chi connectivity index (χ3n) is 7.48. The van der Waals surface area contributed by atoms with Crippen molar-refractivity contribution in [1.29, 1.82) is 0 Å². The number of carbonyl (C=O) groups is 1. The van der Waals surface area contributed by atoms with Crippen LogP contribution in [0.3, 0.4) is 0 Å². The van der Waals surface area contributed by atoms with Crippen LogP contribution in [0.5, 0.6) is 0 Å². The van der Waals surface area contributed by atoms with E-state index in [-0.39, 0.29) is 17.6 Å². The predicted molar refractivity (Wildman–Crippen MR) is 145 cm³/mol. The molecule has 1 amide bonds. The molecule has 194 valence electrons. The molecule has 0 radical (unpaired) electrons. The molecule has 2 saturated carbocycles. The number of hydrogen-bond acceptors (Lipinski definition) is 8. The summed E-state index contributed by atoms with van der Waals surface area (Å²) in [5.41, 5.74) is 1.20. The number of aliphatic hydroxyl groups is 2. The smallest absolute Gasteiger partial charge is 0.229 e. The zero-order valence-corrected chi connectivity index (χ0v) is 22.0. The van der Waals surface area contributed by atoms with Crippen molar-refractivity contribution in [3.05, 3.63) is 69.4 Å². The Morgan fingerprint density at radius 3 is 2.76 bits per heavy atom. The van der Waals surface area contributed by atoms with Gasteiger partial charge < -0.3 is 25.4 Å². The van der Waals surface area contributed by atoms with Gasteiger partial charge in [0.1, 0.15) is 6.10 Å². The zero-order chi connectivity index (χ0) is 26.4. The number of fused-ring (bicyclic) bond motifs is 2. The van der Waals surface area contributed by atoms with Crippen molar-refractivity contribution >= 4 is 45.8 Å². The third-order valence-corrected chi connectivity index (χ3v) is 8.63. The fourth-order valence-electron chi connectivity index (χ4n) is 5.57. The minimum Gasteiger partial charge on any atom is -0.389 e. The molecule has 5 atom stereocenters. The largest absolute Gasteiger partial charge is 0.389 e. The number of halogens is 1. The number of imidazole rings is 1. The van der Waals surface area contributed by atoms with E-state index in [1.165, 1.54) is 23.9 Å². The molecule has 3 heterocycles. The predicted octanol–water partition coefficient (Wildman–Crippen LogP) is 2.62. The van der Waals surface area contributed by atoms with Crippen molar-refractivity contribution in [1.82, 2.24) is 24.8 Å². The molecule has 1 aromatic carbocycles. The van der Waals surface area contributed by atoms with E-state index in [4.69, 9.17) is 11.6 Å². The van der Waals surface area contributed by atoms with E-state index in [2.05, 4.69) is 49.6 Å². The molecule has 2 aliphatic carbocycles. The standard InChI is InChI=1S/C27H25ClN6O3S/c1-29-26(37)27-13-17(27)21(22(35)23(27)36)34-14-31-20-24(30-12-11-15-5-3-2-4-6-15)32-19(33-25(20)34)10-8-16-7-9-18(28)38-16/h2-7,9,14,17,21-23,35-36H,11-13H2,1H3,(H,29,37)(H,30,32,33)/t17-,21-,22+,23+,27+/m1/s1. The number of carbonyl (C=O) groups excluding carboxylic acids is 1. The molecule has 9 nitrogen and oxygen atoms in total. The lowest BCUT2D eigenvalue weighted by Crippen LogP contribution is -2.41. The van der Waals surface area contributed by atoms with Crippen LogP contribution in [0.2, 0.25) is 4.34 Å². The fourth-order valence-corrected chi connectivity index (χ4v) is 6.47. The highest BCUT2D eigenvalue weighted by Gasteiger charge is 2.75. The monoisotopic (exact) mass is 548 g/mol. The number of amides is 1. The molecule has 38 heavy (non-hydrogen) atoms. The first-order valence-corrected chi connectivity index (χ1v) is 13.5. The number of aliphatic hydroxyl groups excluding tert-OH is 2. The molecule has 0 aliphatic heterocycles. The van der Waals surface area contributed by atoms with Gasteiger partial charge in [0.05, 0.1) is 33.1 Å². The Balaban J connectivity index is 1.37. The quantitative estimate of drug-likeness (QED) is 0.273. The van der Waals surface area contributed by atoms with E-state index in [1.54, 1.807) is 17.0 Å². The van der Waals surface area contributed by atoms with Crippen LogP contribution in [-0.2, 0) is 11.2 Å². The average Bonchev–Trinajstić information content (AvgIpc) is 3.17. The van der Waals surface area contributed by atoms with Gasteiger partial charge in [0, 0.05) is 19.5 Å². The summed E-state index contributed by atoms with van der Waals surface area (Å²) < 4.78 is 2.40. The number of nitrogens with one attached hydrogen (secondary N) is 2. The summed E-state index contributed by atoms with van der Waals surface area (Å²) in [6.07, 6.45) is 0.538. The Hall–Kier alpha value is -3.49. The van der Waals surface area contributed by atoms with E-state index in [0.29, 0.717) is 34.3 Å². The summed E-state index contributed by atoms with van der Waals surface area (Å²) in [6, 6.07) is 13.2. The van der Waals surface area contributed by atoms with E-state index >= 15 is 0 Å². The highest BCUT2D eigenvalue weighted by Crippen LogP contribution is 2.67. The lowest BCUT2D eigenvalue weighted by Gasteiger charge is -2.23. The molecule has 2 aliphatic rings. The Kier molecular flexibility index (Phi) is 6.32. The van der Waals surface area contributed by atoms with E-state index < -0.39 is 23.7 Å². The zero-order valence-electron chi connectivity index (χ0n) is 20.4. The van der Waals surface area contributed by atoms with Gasteiger partial charge in [0.15, 0.2) is 17.0 Å². The third kappa shape index (κ3) is 4.12. The number of nitrogens with zero attached hydrogens (tertiary/aromatic N) is 4. The maximum atomic E-state index is 12.6. The minimum atomic E-state index is -1.18. The maximum absolute atomic E-state index is 12.6. The Bertz CT molecular complexity index is 1580. The summed E-state index contributed by atoms with van der Waals surface area (Å²) in [7, 11) is 1.54. The van der Waals surface area contributed by atoms with Crippen LogP contribution in [0.1, 0.15) is 28.7 Å². The van der Waals surface area contributed by atoms with Crippen LogP contribution in [0.4, 0.5) is 5.82 Å². The number of anilines is 1. The normalized spacial score (nSPS) is 25.5. The van der Waals surface area contributed by atoms with Crippen molar-refractivity contribution < 1.29 is 15.0 Å². The Morgan fingerprint density at radius 2 is 2.03 bits per heavy atom. The van der Waals surface area contributed by atoms with Crippen molar-refractivity contribution in [2.75, 3.05) is 18.9 Å². The van der Waals surface area contributed by atoms with Gasteiger partial charge in [-0.25, -0.2) is 15.0 Å². The lowest BCUT2D eigenvalue weighted by molar-refractivity contribution is -0.132. The summed E-state index contributed by atoms with van der Waals surface area (Å²) in [5.74, 6) is 6.39. The van der Waals surface area contributed by atoms with Crippen molar-refractivity contribution in [3.8, 4) is 11.8 Å². The Labute approximate surface area is 227 Å². The van der Waals surface area contributed by atoms with Gasteiger partial charge in [-0.2, -0.15) is 0 Å². The molecule has 0 unspecified atom stereocenters. The van der Waals surface area contributed by atoms with Crippen LogP contribution in [-0.4, -0.2) is 61.4 Å². The van der Waals surface area contributed by atoms with Gasteiger partial charge in [-0.05, 0) is 42.4 Å². The van der Waals surface area contributed by atoms with Crippen molar-refractivity contribution in [3.63, 3.8) is 0 Å². The topological polar surface area (TPSA) is 125 Å². The highest BCUT2D eigenvalue weighted by molar-refractivity contribution is 7.16. The van der Waals surface area contributed by atoms with Gasteiger partial charge in [-0.1, -0.05) is 41.9 Å². The first-order valence-electron chi connectivity index (χ1n) is 12.3. The van der Waals surface area contributed by atoms with E-state index in [9.17, 15) is 15.0 Å². The van der Waals surface area contributed by atoms with Crippen LogP contribution in [0.25, 0.3) is 11.2 Å². The molecule has 4 aromatic rings. The fraction of sp³-hybridized carbons (Fsp3) is 0.333. The van der Waals surface area contributed by atoms with Crippen molar-refractivity contribution in [2.24, 2.45) is 11.3 Å². The Morgan fingerprint density at radius 1 is 1.21 bits per heavy atom. The molecular formula is C27H25ClN6O3S. The molecule has 0 spiro atoms. The number of thiophene rings is 1. The van der Waals surface area contributed by atoms with Gasteiger partial charge in [0.25, 0.3) is 0 Å². The van der Waals surface area contributed by atoms with Crippen LogP contribution in [0.15, 0.2) is 48.8 Å². The summed E-state index contributed by atoms with van der Waals surface area (Å²) in [5, 5.41) is 27.8. The molecule has 2 fully saturated rings.